The van der Waals surface area contributed by atoms with E-state index in [-0.39, 0.29) is 0 Å². The summed E-state index contributed by atoms with van der Waals surface area (Å²) in [5.41, 5.74) is 7.29. The molecule has 2 aliphatic rings. The molecule has 0 bridgehead atoms. The van der Waals surface area contributed by atoms with E-state index in [9.17, 15) is 0 Å². The molecule has 2 aliphatic heterocycles. The summed E-state index contributed by atoms with van der Waals surface area (Å²) in [6.07, 6.45) is 5.25. The lowest BCUT2D eigenvalue weighted by atomic mass is 9.86. The Labute approximate surface area is 161 Å². The number of rotatable bonds is 6. The van der Waals surface area contributed by atoms with Crippen molar-refractivity contribution in [3.8, 4) is 0 Å². The lowest BCUT2D eigenvalue weighted by molar-refractivity contribution is 0.0965. The van der Waals surface area contributed by atoms with Crippen LogP contribution < -0.4 is 0 Å². The van der Waals surface area contributed by atoms with Gasteiger partial charge in [0.25, 0.3) is 0 Å². The molecule has 0 N–H and O–H groups in total. The van der Waals surface area contributed by atoms with Crippen molar-refractivity contribution < 1.29 is 0 Å². The zero-order valence-corrected chi connectivity index (χ0v) is 17.3. The van der Waals surface area contributed by atoms with Crippen LogP contribution >= 0.6 is 0 Å². The fourth-order valence-corrected chi connectivity index (χ4v) is 4.32. The number of likely N-dealkylation sites (tertiary alicyclic amines) is 1. The van der Waals surface area contributed by atoms with Crippen molar-refractivity contribution in [2.24, 2.45) is 5.92 Å². The van der Waals surface area contributed by atoms with Gasteiger partial charge in [-0.15, -0.1) is 0 Å². The highest BCUT2D eigenvalue weighted by Gasteiger charge is 2.29. The Balaban J connectivity index is 1.53. The molecule has 1 saturated heterocycles. The van der Waals surface area contributed by atoms with E-state index in [2.05, 4.69) is 67.9 Å². The molecule has 3 rings (SSSR count). The Hall–Kier alpha value is -1.42. The Morgan fingerprint density at radius 1 is 1.04 bits per heavy atom. The lowest BCUT2D eigenvalue weighted by Gasteiger charge is -2.44. The van der Waals surface area contributed by atoms with Crippen LogP contribution in [0.4, 0.5) is 0 Å². The van der Waals surface area contributed by atoms with Crippen molar-refractivity contribution >= 4 is 7.85 Å². The van der Waals surface area contributed by atoms with Gasteiger partial charge in [0.2, 0.25) is 0 Å². The van der Waals surface area contributed by atoms with Crippen LogP contribution in [0.3, 0.4) is 0 Å². The standard InChI is InChI=1S/C22H34BN3/c1-16-11-25(5)22(14-24(16)4)15-26-12-19(13-26)10-21-7-6-20(8-9-23)17(2)18(21)3/h6-7,14,16,19H,8-13,15H2,1-5H3. The van der Waals surface area contributed by atoms with Crippen LogP contribution in [-0.4, -0.2) is 68.9 Å². The second kappa shape index (κ2) is 8.08. The van der Waals surface area contributed by atoms with Gasteiger partial charge in [-0.05, 0) is 61.8 Å². The molecular weight excluding hydrogens is 317 g/mol. The Bertz CT molecular complexity index is 664. The van der Waals surface area contributed by atoms with Gasteiger partial charge < -0.3 is 9.80 Å². The minimum absolute atomic E-state index is 0.598. The van der Waals surface area contributed by atoms with Gasteiger partial charge in [-0.25, -0.2) is 0 Å². The summed E-state index contributed by atoms with van der Waals surface area (Å²) in [4.78, 5) is 7.35. The van der Waals surface area contributed by atoms with Crippen molar-refractivity contribution in [2.45, 2.75) is 46.0 Å². The summed E-state index contributed by atoms with van der Waals surface area (Å²) in [5.74, 6) is 0.791. The third kappa shape index (κ3) is 4.11. The Kier molecular flexibility index (Phi) is 6.01. The zero-order chi connectivity index (χ0) is 18.8. The van der Waals surface area contributed by atoms with Gasteiger partial charge in [0.15, 0.2) is 0 Å². The summed E-state index contributed by atoms with van der Waals surface area (Å²) >= 11 is 0. The van der Waals surface area contributed by atoms with Crippen molar-refractivity contribution in [3.63, 3.8) is 0 Å². The second-order valence-corrected chi connectivity index (χ2v) is 8.45. The van der Waals surface area contributed by atoms with Crippen LogP contribution in [0.2, 0.25) is 6.32 Å². The molecule has 4 heteroatoms. The molecule has 1 aromatic rings. The molecule has 1 atom stereocenters. The van der Waals surface area contributed by atoms with E-state index >= 15 is 0 Å². The van der Waals surface area contributed by atoms with Crippen LogP contribution in [0.25, 0.3) is 0 Å². The molecular formula is C22H34BN3. The number of hydrogen-bond acceptors (Lipinski definition) is 3. The maximum atomic E-state index is 5.73. The molecule has 0 amide bonds. The summed E-state index contributed by atoms with van der Waals surface area (Å²) in [7, 11) is 10.1. The van der Waals surface area contributed by atoms with Gasteiger partial charge in [0.1, 0.15) is 0 Å². The first-order chi connectivity index (χ1) is 12.4. The van der Waals surface area contributed by atoms with Crippen LogP contribution in [-0.2, 0) is 12.8 Å². The van der Waals surface area contributed by atoms with E-state index in [1.807, 2.05) is 0 Å². The molecule has 0 aliphatic carbocycles. The van der Waals surface area contributed by atoms with E-state index in [1.165, 1.54) is 47.5 Å². The minimum atomic E-state index is 0.598. The third-order valence-electron chi connectivity index (χ3n) is 6.43. The molecule has 1 aromatic carbocycles. The predicted octanol–water partition coefficient (Wildman–Crippen LogP) is 3.01. The highest BCUT2D eigenvalue weighted by atomic mass is 15.3. The van der Waals surface area contributed by atoms with Gasteiger partial charge in [-0.3, -0.25) is 4.90 Å². The monoisotopic (exact) mass is 351 g/mol. The smallest absolute Gasteiger partial charge is 0.0657 e. The molecule has 3 nitrogen and oxygen atoms in total. The topological polar surface area (TPSA) is 9.72 Å². The first kappa shape index (κ1) is 19.3. The van der Waals surface area contributed by atoms with Crippen molar-refractivity contribution in [1.82, 2.24) is 14.7 Å². The fraction of sp³-hybridized carbons (Fsp3) is 0.636. The first-order valence-corrected chi connectivity index (χ1v) is 10.0. The molecule has 1 fully saturated rings. The average Bonchev–Trinajstić information content (AvgIpc) is 2.56. The molecule has 26 heavy (non-hydrogen) atoms. The van der Waals surface area contributed by atoms with E-state index < -0.39 is 0 Å². The van der Waals surface area contributed by atoms with Gasteiger partial charge in [-0.2, -0.15) is 0 Å². The Morgan fingerprint density at radius 3 is 2.38 bits per heavy atom. The summed E-state index contributed by atoms with van der Waals surface area (Å²) in [5, 5.41) is 0. The van der Waals surface area contributed by atoms with Crippen LogP contribution in [0.5, 0.6) is 0 Å². The number of hydrogen-bond donors (Lipinski definition) is 0. The second-order valence-electron chi connectivity index (χ2n) is 8.45. The maximum absolute atomic E-state index is 5.73. The largest absolute Gasteiger partial charge is 0.375 e. The highest BCUT2D eigenvalue weighted by molar-refractivity contribution is 6.08. The van der Waals surface area contributed by atoms with Gasteiger partial charge in [0.05, 0.1) is 7.85 Å². The molecule has 2 heterocycles. The van der Waals surface area contributed by atoms with E-state index in [4.69, 9.17) is 7.85 Å². The summed E-state index contributed by atoms with van der Waals surface area (Å²) in [6, 6.07) is 5.23. The molecule has 140 valence electrons. The normalized spacial score (nSPS) is 21.7. The number of nitrogens with zero attached hydrogens (tertiary/aromatic N) is 3. The molecule has 0 spiro atoms. The molecule has 2 radical (unpaired) electrons. The minimum Gasteiger partial charge on any atom is -0.375 e. The summed E-state index contributed by atoms with van der Waals surface area (Å²) < 4.78 is 0. The van der Waals surface area contributed by atoms with Crippen LogP contribution in [0.15, 0.2) is 24.0 Å². The maximum Gasteiger partial charge on any atom is 0.0657 e. The van der Waals surface area contributed by atoms with E-state index in [0.29, 0.717) is 6.04 Å². The van der Waals surface area contributed by atoms with Crippen molar-refractivity contribution in [3.05, 3.63) is 46.3 Å². The lowest BCUT2D eigenvalue weighted by Crippen LogP contribution is -2.51. The van der Waals surface area contributed by atoms with Crippen molar-refractivity contribution in [2.75, 3.05) is 40.3 Å². The molecule has 0 aromatic heterocycles. The number of aryl methyl sites for hydroxylation is 1. The average molecular weight is 351 g/mol. The van der Waals surface area contributed by atoms with Crippen molar-refractivity contribution in [1.29, 1.82) is 0 Å². The third-order valence-corrected chi connectivity index (χ3v) is 6.43. The predicted molar refractivity (Wildman–Crippen MR) is 112 cm³/mol. The molecule has 0 saturated carbocycles. The molecule has 1 unspecified atom stereocenters. The fourth-order valence-electron chi connectivity index (χ4n) is 4.32. The van der Waals surface area contributed by atoms with E-state index in [1.54, 1.807) is 0 Å². The SMILES string of the molecule is [B]CCc1ccc(CC2CN(CC3=CN(C)C(C)CN3C)C2)c(C)c1C. The number of benzene rings is 1. The van der Waals surface area contributed by atoms with Gasteiger partial charge in [-0.1, -0.05) is 18.5 Å². The van der Waals surface area contributed by atoms with Gasteiger partial charge in [0, 0.05) is 58.2 Å². The van der Waals surface area contributed by atoms with Crippen LogP contribution in [0.1, 0.15) is 29.2 Å². The Morgan fingerprint density at radius 2 is 1.69 bits per heavy atom. The van der Waals surface area contributed by atoms with E-state index in [0.717, 1.165) is 31.7 Å². The first-order valence-electron chi connectivity index (χ1n) is 10.0. The van der Waals surface area contributed by atoms with Crippen LogP contribution in [0, 0.1) is 19.8 Å². The summed E-state index contributed by atoms with van der Waals surface area (Å²) in [6.45, 7) is 11.4. The quantitative estimate of drug-likeness (QED) is 0.730. The highest BCUT2D eigenvalue weighted by Crippen LogP contribution is 2.27. The zero-order valence-electron chi connectivity index (χ0n) is 17.3. The van der Waals surface area contributed by atoms with Gasteiger partial charge >= 0.3 is 0 Å². The number of likely N-dealkylation sites (N-methyl/N-ethyl adjacent to an activating group) is 2.